The standard InChI is InChI=1S/C19H30N2O4/c1-11-5-4-6-16(12(11)2)21-10-14(9-17(21)22)19(24)25-13(3)18(23)20-15-7-8-15/h11-16H,4-10H2,1-3H3,(H,20,23)/t11-,12-,13+,14-,16-/m1/s1. The Labute approximate surface area is 149 Å². The lowest BCUT2D eigenvalue weighted by atomic mass is 9.77. The molecule has 0 bridgehead atoms. The molecule has 0 spiro atoms. The zero-order chi connectivity index (χ0) is 18.1. The molecule has 3 rings (SSSR count). The van der Waals surface area contributed by atoms with Crippen molar-refractivity contribution in [1.82, 2.24) is 10.2 Å². The average Bonchev–Trinajstić information content (AvgIpc) is 3.29. The molecule has 6 nitrogen and oxygen atoms in total. The predicted octanol–water partition coefficient (Wildman–Crippen LogP) is 1.87. The maximum Gasteiger partial charge on any atom is 0.312 e. The van der Waals surface area contributed by atoms with E-state index in [4.69, 9.17) is 4.74 Å². The van der Waals surface area contributed by atoms with Crippen LogP contribution in [0.25, 0.3) is 0 Å². The van der Waals surface area contributed by atoms with Crippen LogP contribution in [0.2, 0.25) is 0 Å². The maximum absolute atomic E-state index is 12.5. The highest BCUT2D eigenvalue weighted by Crippen LogP contribution is 2.36. The lowest BCUT2D eigenvalue weighted by Gasteiger charge is -2.39. The van der Waals surface area contributed by atoms with Gasteiger partial charge < -0.3 is 15.0 Å². The topological polar surface area (TPSA) is 75.7 Å². The number of nitrogens with one attached hydrogen (secondary N) is 1. The van der Waals surface area contributed by atoms with Crippen molar-refractivity contribution in [3.05, 3.63) is 0 Å². The molecule has 0 aromatic carbocycles. The molecule has 1 saturated heterocycles. The Bertz CT molecular complexity index is 546. The normalized spacial score (nSPS) is 33.9. The number of amides is 2. The van der Waals surface area contributed by atoms with Gasteiger partial charge in [-0.2, -0.15) is 0 Å². The molecule has 3 fully saturated rings. The van der Waals surface area contributed by atoms with Crippen molar-refractivity contribution >= 4 is 17.8 Å². The van der Waals surface area contributed by atoms with E-state index in [9.17, 15) is 14.4 Å². The van der Waals surface area contributed by atoms with Gasteiger partial charge in [-0.05, 0) is 38.0 Å². The first-order valence-electron chi connectivity index (χ1n) is 9.67. The van der Waals surface area contributed by atoms with Gasteiger partial charge in [0.1, 0.15) is 0 Å². The Kier molecular flexibility index (Phi) is 5.35. The van der Waals surface area contributed by atoms with Crippen molar-refractivity contribution in [3.63, 3.8) is 0 Å². The fraction of sp³-hybridized carbons (Fsp3) is 0.842. The summed E-state index contributed by atoms with van der Waals surface area (Å²) in [6.07, 6.45) is 4.75. The lowest BCUT2D eigenvalue weighted by Crippen LogP contribution is -2.45. The van der Waals surface area contributed by atoms with Crippen molar-refractivity contribution in [2.45, 2.75) is 77.5 Å². The molecule has 0 radical (unpaired) electrons. The third-order valence-electron chi connectivity index (χ3n) is 6.14. The minimum atomic E-state index is -0.800. The van der Waals surface area contributed by atoms with Crippen molar-refractivity contribution in [3.8, 4) is 0 Å². The fourth-order valence-corrected chi connectivity index (χ4v) is 4.07. The number of carbonyl (C=O) groups excluding carboxylic acids is 3. The lowest BCUT2D eigenvalue weighted by molar-refractivity contribution is -0.158. The molecular weight excluding hydrogens is 320 g/mol. The Hall–Kier alpha value is -1.59. The summed E-state index contributed by atoms with van der Waals surface area (Å²) in [6, 6.07) is 0.469. The van der Waals surface area contributed by atoms with E-state index in [1.54, 1.807) is 6.92 Å². The van der Waals surface area contributed by atoms with Gasteiger partial charge >= 0.3 is 5.97 Å². The molecule has 5 atom stereocenters. The zero-order valence-electron chi connectivity index (χ0n) is 15.5. The summed E-state index contributed by atoms with van der Waals surface area (Å²) in [4.78, 5) is 38.7. The van der Waals surface area contributed by atoms with E-state index in [0.29, 0.717) is 18.4 Å². The molecule has 2 amide bonds. The molecule has 1 aliphatic heterocycles. The van der Waals surface area contributed by atoms with Gasteiger partial charge in [0.05, 0.1) is 5.92 Å². The van der Waals surface area contributed by atoms with Crippen LogP contribution in [0.4, 0.5) is 0 Å². The molecule has 25 heavy (non-hydrogen) atoms. The number of hydrogen-bond acceptors (Lipinski definition) is 4. The van der Waals surface area contributed by atoms with E-state index in [0.717, 1.165) is 25.7 Å². The highest BCUT2D eigenvalue weighted by atomic mass is 16.5. The maximum atomic E-state index is 12.5. The van der Waals surface area contributed by atoms with Crippen molar-refractivity contribution in [2.75, 3.05) is 6.54 Å². The molecular formula is C19H30N2O4. The Morgan fingerprint density at radius 3 is 2.60 bits per heavy atom. The number of hydrogen-bond donors (Lipinski definition) is 1. The van der Waals surface area contributed by atoms with E-state index in [-0.39, 0.29) is 30.3 Å². The summed E-state index contributed by atoms with van der Waals surface area (Å²) in [5.74, 6) is -0.0203. The molecule has 2 aliphatic carbocycles. The minimum Gasteiger partial charge on any atom is -0.452 e. The van der Waals surface area contributed by atoms with Crippen LogP contribution < -0.4 is 5.32 Å². The van der Waals surface area contributed by atoms with Crippen LogP contribution in [-0.2, 0) is 19.1 Å². The van der Waals surface area contributed by atoms with E-state index in [2.05, 4.69) is 19.2 Å². The van der Waals surface area contributed by atoms with Gasteiger partial charge in [-0.15, -0.1) is 0 Å². The summed E-state index contributed by atoms with van der Waals surface area (Å²) in [6.45, 7) is 6.46. The quantitative estimate of drug-likeness (QED) is 0.768. The number of ether oxygens (including phenoxy) is 1. The molecule has 3 aliphatic rings. The SMILES string of the molecule is C[C@@H]1[C@H](C)CCC[C@H]1N1C[C@H](C(=O)O[C@@H](C)C(=O)NC2CC2)CC1=O. The summed E-state index contributed by atoms with van der Waals surface area (Å²) in [7, 11) is 0. The van der Waals surface area contributed by atoms with Gasteiger partial charge in [0.2, 0.25) is 5.91 Å². The van der Waals surface area contributed by atoms with Gasteiger partial charge in [0, 0.05) is 25.0 Å². The second-order valence-electron chi connectivity index (χ2n) is 8.14. The summed E-state index contributed by atoms with van der Waals surface area (Å²) < 4.78 is 5.33. The van der Waals surface area contributed by atoms with Crippen LogP contribution >= 0.6 is 0 Å². The number of carbonyl (C=O) groups is 3. The minimum absolute atomic E-state index is 0.0444. The Morgan fingerprint density at radius 2 is 1.92 bits per heavy atom. The molecule has 6 heteroatoms. The first-order chi connectivity index (χ1) is 11.9. The molecule has 140 valence electrons. The smallest absolute Gasteiger partial charge is 0.312 e. The largest absolute Gasteiger partial charge is 0.452 e. The third kappa shape index (κ3) is 4.15. The van der Waals surface area contributed by atoms with E-state index in [1.165, 1.54) is 6.42 Å². The number of esters is 1. The second kappa shape index (κ2) is 7.34. The van der Waals surface area contributed by atoms with Crippen LogP contribution in [0.3, 0.4) is 0 Å². The van der Waals surface area contributed by atoms with Crippen molar-refractivity contribution in [2.24, 2.45) is 17.8 Å². The first kappa shape index (κ1) is 18.2. The summed E-state index contributed by atoms with van der Waals surface area (Å²) in [5.41, 5.74) is 0. The van der Waals surface area contributed by atoms with Crippen molar-refractivity contribution in [1.29, 1.82) is 0 Å². The van der Waals surface area contributed by atoms with Crippen LogP contribution in [0.1, 0.15) is 59.3 Å². The molecule has 0 aromatic heterocycles. The van der Waals surface area contributed by atoms with Crippen molar-refractivity contribution < 1.29 is 19.1 Å². The molecule has 2 saturated carbocycles. The van der Waals surface area contributed by atoms with Gasteiger partial charge in [-0.3, -0.25) is 14.4 Å². The van der Waals surface area contributed by atoms with E-state index in [1.807, 2.05) is 4.90 Å². The second-order valence-corrected chi connectivity index (χ2v) is 8.14. The van der Waals surface area contributed by atoms with E-state index >= 15 is 0 Å². The molecule has 1 heterocycles. The van der Waals surface area contributed by atoms with Gasteiger partial charge in [-0.1, -0.05) is 26.7 Å². The zero-order valence-corrected chi connectivity index (χ0v) is 15.5. The highest BCUT2D eigenvalue weighted by Gasteiger charge is 2.42. The van der Waals surface area contributed by atoms with Crippen LogP contribution in [-0.4, -0.2) is 47.4 Å². The average molecular weight is 350 g/mol. The molecule has 1 N–H and O–H groups in total. The fourth-order valence-electron chi connectivity index (χ4n) is 4.07. The first-order valence-corrected chi connectivity index (χ1v) is 9.67. The number of nitrogens with zero attached hydrogens (tertiary/aromatic N) is 1. The Morgan fingerprint density at radius 1 is 1.20 bits per heavy atom. The van der Waals surface area contributed by atoms with Gasteiger partial charge in [0.25, 0.3) is 5.91 Å². The Balaban J connectivity index is 1.54. The monoisotopic (exact) mass is 350 g/mol. The number of rotatable bonds is 5. The van der Waals surface area contributed by atoms with Gasteiger partial charge in [-0.25, -0.2) is 0 Å². The number of likely N-dealkylation sites (tertiary alicyclic amines) is 1. The molecule has 0 aromatic rings. The third-order valence-corrected chi connectivity index (χ3v) is 6.14. The van der Waals surface area contributed by atoms with Crippen LogP contribution in [0, 0.1) is 17.8 Å². The summed E-state index contributed by atoms with van der Waals surface area (Å²) >= 11 is 0. The van der Waals surface area contributed by atoms with Gasteiger partial charge in [0.15, 0.2) is 6.10 Å². The highest BCUT2D eigenvalue weighted by molar-refractivity contribution is 5.89. The predicted molar refractivity (Wildman–Crippen MR) is 92.5 cm³/mol. The van der Waals surface area contributed by atoms with Crippen LogP contribution in [0.5, 0.6) is 0 Å². The van der Waals surface area contributed by atoms with Crippen LogP contribution in [0.15, 0.2) is 0 Å². The van der Waals surface area contributed by atoms with E-state index < -0.39 is 18.0 Å². The molecule has 0 unspecified atom stereocenters. The summed E-state index contributed by atoms with van der Waals surface area (Å²) in [5, 5.41) is 2.84.